The minimum absolute atomic E-state index is 0.270. The number of hydrogen-bond acceptors (Lipinski definition) is 6. The molecule has 0 aliphatic rings. The fourth-order valence-corrected chi connectivity index (χ4v) is 5.16. The van der Waals surface area contributed by atoms with E-state index < -0.39 is 12.8 Å². The molecular weight excluding hydrogens is 359 g/mol. The molecule has 2 aromatic rings. The third-order valence-electron chi connectivity index (χ3n) is 2.78. The second-order valence-corrected chi connectivity index (χ2v) is 8.83. The first-order valence-electron chi connectivity index (χ1n) is 7.65. The Bertz CT molecular complexity index is 716. The van der Waals surface area contributed by atoms with Gasteiger partial charge in [-0.15, -0.1) is 0 Å². The lowest BCUT2D eigenvalue weighted by atomic mass is 10.3. The highest BCUT2D eigenvalue weighted by atomic mass is 32.7. The van der Waals surface area contributed by atoms with E-state index in [0.29, 0.717) is 16.4 Å². The number of benzene rings is 2. The van der Waals surface area contributed by atoms with Crippen LogP contribution in [-0.4, -0.2) is 12.6 Å². The van der Waals surface area contributed by atoms with Gasteiger partial charge < -0.3 is 13.8 Å². The van der Waals surface area contributed by atoms with Crippen LogP contribution < -0.4 is 9.05 Å². The third-order valence-corrected chi connectivity index (χ3v) is 6.26. The zero-order chi connectivity index (χ0) is 18.1. The van der Waals surface area contributed by atoms with Gasteiger partial charge in [0.15, 0.2) is 0 Å². The van der Waals surface area contributed by atoms with E-state index in [1.807, 2.05) is 12.1 Å². The second-order valence-electron chi connectivity index (χ2n) is 4.85. The summed E-state index contributed by atoms with van der Waals surface area (Å²) in [6.45, 7) is -0.0159. The van der Waals surface area contributed by atoms with Gasteiger partial charge in [-0.3, -0.25) is 0 Å². The van der Waals surface area contributed by atoms with Crippen LogP contribution in [0.3, 0.4) is 0 Å². The van der Waals surface area contributed by atoms with Gasteiger partial charge in [0.25, 0.3) is 0 Å². The summed E-state index contributed by atoms with van der Waals surface area (Å²) in [5.74, 6) is 0.329. The molecule has 0 saturated carbocycles. The van der Waals surface area contributed by atoms with Crippen LogP contribution in [0.5, 0.6) is 11.5 Å². The fraction of sp³-hybridized carbons (Fsp3) is 0.167. The van der Waals surface area contributed by atoms with E-state index in [9.17, 15) is 9.36 Å². The van der Waals surface area contributed by atoms with E-state index in [0.717, 1.165) is 11.4 Å². The molecule has 0 radical (unpaired) electrons. The predicted octanol–water partition coefficient (Wildman–Crippen LogP) is 5.45. The first kappa shape index (κ1) is 19.2. The van der Waals surface area contributed by atoms with Gasteiger partial charge in [-0.05, 0) is 38.1 Å². The van der Waals surface area contributed by atoms with E-state index >= 15 is 0 Å². The van der Waals surface area contributed by atoms with Crippen LogP contribution in [0.25, 0.3) is 0 Å². The molecule has 0 heterocycles. The van der Waals surface area contributed by atoms with Crippen LogP contribution >= 0.6 is 18.2 Å². The molecule has 5 nitrogen and oxygen atoms in total. The van der Waals surface area contributed by atoms with E-state index in [2.05, 4.69) is 0 Å². The van der Waals surface area contributed by atoms with Crippen molar-refractivity contribution < 1.29 is 23.1 Å². The van der Waals surface area contributed by atoms with Crippen LogP contribution in [0.1, 0.15) is 13.8 Å². The molecule has 25 heavy (non-hydrogen) atoms. The van der Waals surface area contributed by atoms with Crippen molar-refractivity contribution in [3.8, 4) is 11.5 Å². The van der Waals surface area contributed by atoms with Crippen LogP contribution in [0.2, 0.25) is 0 Å². The molecule has 7 heteroatoms. The number of rotatable bonds is 8. The minimum Gasteiger partial charge on any atom is -0.463 e. The molecule has 0 spiro atoms. The van der Waals surface area contributed by atoms with Gasteiger partial charge in [0.2, 0.25) is 0 Å². The summed E-state index contributed by atoms with van der Waals surface area (Å²) >= 11 is 0.862. The van der Waals surface area contributed by atoms with Gasteiger partial charge in [0.05, 0.1) is 6.61 Å². The molecule has 0 saturated heterocycles. The summed E-state index contributed by atoms with van der Waals surface area (Å²) in [6.07, 6.45) is 1.27. The topological polar surface area (TPSA) is 61.8 Å². The maximum atomic E-state index is 13.2. The van der Waals surface area contributed by atoms with Crippen LogP contribution in [0, 0.1) is 0 Å². The Morgan fingerprint density at radius 2 is 1.48 bits per heavy atom. The average Bonchev–Trinajstić information content (AvgIpc) is 2.56. The van der Waals surface area contributed by atoms with Crippen LogP contribution in [0.4, 0.5) is 0 Å². The SMILES string of the molecule is CCOC(=O)C=C(C)SP(=O)(Oc1ccccc1)Oc1ccccc1. The van der Waals surface area contributed by atoms with Crippen molar-refractivity contribution in [1.29, 1.82) is 0 Å². The maximum Gasteiger partial charge on any atom is 0.497 e. The summed E-state index contributed by atoms with van der Waals surface area (Å²) in [5.41, 5.74) is 0. The largest absolute Gasteiger partial charge is 0.497 e. The zero-order valence-electron chi connectivity index (χ0n) is 14.0. The van der Waals surface area contributed by atoms with Crippen molar-refractivity contribution in [2.45, 2.75) is 13.8 Å². The Balaban J connectivity index is 2.22. The van der Waals surface area contributed by atoms with E-state index in [1.165, 1.54) is 6.08 Å². The van der Waals surface area contributed by atoms with Crippen molar-refractivity contribution in [2.75, 3.05) is 6.61 Å². The first-order chi connectivity index (χ1) is 12.0. The molecule has 0 fully saturated rings. The molecule has 2 rings (SSSR count). The van der Waals surface area contributed by atoms with E-state index in [-0.39, 0.29) is 6.61 Å². The highest BCUT2D eigenvalue weighted by Gasteiger charge is 2.31. The molecule has 0 bridgehead atoms. The Hall–Kier alpha value is -2.17. The number of carbonyl (C=O) groups is 1. The fourth-order valence-electron chi connectivity index (χ4n) is 1.83. The highest BCUT2D eigenvalue weighted by Crippen LogP contribution is 2.62. The zero-order valence-corrected chi connectivity index (χ0v) is 15.7. The minimum atomic E-state index is -3.65. The smallest absolute Gasteiger partial charge is 0.463 e. The Morgan fingerprint density at radius 3 is 1.92 bits per heavy atom. The number of ether oxygens (including phenoxy) is 1. The van der Waals surface area contributed by atoms with Gasteiger partial charge in [0, 0.05) is 22.4 Å². The maximum absolute atomic E-state index is 13.2. The number of esters is 1. The van der Waals surface area contributed by atoms with Crippen molar-refractivity contribution in [3.05, 3.63) is 71.6 Å². The molecule has 0 aliphatic heterocycles. The van der Waals surface area contributed by atoms with Crippen LogP contribution in [-0.2, 0) is 14.1 Å². The summed E-state index contributed by atoms with van der Waals surface area (Å²) in [7, 11) is 0. The number of para-hydroxylation sites is 2. The molecule has 0 aromatic heterocycles. The van der Waals surface area contributed by atoms with E-state index in [4.69, 9.17) is 13.8 Å². The molecule has 0 unspecified atom stereocenters. The predicted molar refractivity (Wildman–Crippen MR) is 99.7 cm³/mol. The summed E-state index contributed by atoms with van der Waals surface area (Å²) in [6, 6.07) is 17.5. The lowest BCUT2D eigenvalue weighted by Crippen LogP contribution is -2.01. The quantitative estimate of drug-likeness (QED) is 0.346. The monoisotopic (exact) mass is 378 g/mol. The molecular formula is C18H19O5PS. The first-order valence-corrected chi connectivity index (χ1v) is 10.6. The van der Waals surface area contributed by atoms with Crippen molar-refractivity contribution >= 4 is 24.1 Å². The summed E-state index contributed by atoms with van der Waals surface area (Å²) in [5, 5.41) is 0. The van der Waals surface area contributed by atoms with Crippen molar-refractivity contribution in [2.24, 2.45) is 0 Å². The van der Waals surface area contributed by atoms with Crippen LogP contribution in [0.15, 0.2) is 71.6 Å². The standard InChI is InChI=1S/C18H19O5PS/c1-3-21-18(19)14-15(2)25-24(20,22-16-10-6-4-7-11-16)23-17-12-8-5-9-13-17/h4-14H,3H2,1-2H3. The summed E-state index contributed by atoms with van der Waals surface area (Å²) < 4.78 is 29.3. The lowest BCUT2D eigenvalue weighted by molar-refractivity contribution is -0.137. The molecule has 0 aliphatic carbocycles. The van der Waals surface area contributed by atoms with Gasteiger partial charge in [0.1, 0.15) is 11.5 Å². The third kappa shape index (κ3) is 6.69. The highest BCUT2D eigenvalue weighted by molar-refractivity contribution is 8.57. The molecule has 0 amide bonds. The lowest BCUT2D eigenvalue weighted by Gasteiger charge is -2.19. The molecule has 0 atom stereocenters. The van der Waals surface area contributed by atoms with E-state index in [1.54, 1.807) is 62.4 Å². The van der Waals surface area contributed by atoms with Gasteiger partial charge in [-0.25, -0.2) is 9.36 Å². The van der Waals surface area contributed by atoms with Crippen molar-refractivity contribution in [1.82, 2.24) is 0 Å². The normalized spacial score (nSPS) is 11.7. The molecule has 0 N–H and O–H groups in total. The van der Waals surface area contributed by atoms with Gasteiger partial charge >= 0.3 is 12.8 Å². The van der Waals surface area contributed by atoms with Gasteiger partial charge in [-0.1, -0.05) is 36.4 Å². The Labute approximate surface area is 151 Å². The van der Waals surface area contributed by atoms with Crippen molar-refractivity contribution in [3.63, 3.8) is 0 Å². The number of carbonyl (C=O) groups excluding carboxylic acids is 1. The number of allylic oxidation sites excluding steroid dienone is 1. The Morgan fingerprint density at radius 1 is 1.00 bits per heavy atom. The second kappa shape index (κ2) is 9.35. The molecule has 2 aromatic carbocycles. The van der Waals surface area contributed by atoms with Gasteiger partial charge in [-0.2, -0.15) is 0 Å². The molecule has 132 valence electrons. The average molecular weight is 378 g/mol. The summed E-state index contributed by atoms with van der Waals surface area (Å²) in [4.78, 5) is 12.0. The number of hydrogen-bond donors (Lipinski definition) is 0. The Kier molecular flexibility index (Phi) is 7.16.